The highest BCUT2D eigenvalue weighted by Crippen LogP contribution is 2.38. The molecule has 0 saturated heterocycles. The number of ether oxygens (including phenoxy) is 4. The Morgan fingerprint density at radius 1 is 0.470 bits per heavy atom. The number of benzene rings is 4. The van der Waals surface area contributed by atoms with Gasteiger partial charge in [-0.05, 0) is 135 Å². The lowest BCUT2D eigenvalue weighted by Gasteiger charge is -2.28. The second kappa shape index (κ2) is 28.8. The molecule has 6 rings (SSSR count). The molecule has 2 atom stereocenters. The van der Waals surface area contributed by atoms with E-state index in [4.69, 9.17) is 18.9 Å². The van der Waals surface area contributed by atoms with Gasteiger partial charge in [-0.1, -0.05) is 176 Å². The highest BCUT2D eigenvalue weighted by atomic mass is 16.6. The van der Waals surface area contributed by atoms with Crippen LogP contribution in [-0.2, 0) is 9.47 Å². The quantitative estimate of drug-likeness (QED) is 0.0337. The first-order valence-corrected chi connectivity index (χ1v) is 25.8. The number of rotatable bonds is 27. The van der Waals surface area contributed by atoms with E-state index in [1.54, 1.807) is 48.5 Å². The van der Waals surface area contributed by atoms with Crippen LogP contribution in [0.3, 0.4) is 0 Å². The van der Waals surface area contributed by atoms with Gasteiger partial charge < -0.3 is 18.9 Å². The van der Waals surface area contributed by atoms with Gasteiger partial charge in [-0.25, -0.2) is 9.59 Å². The first kappa shape index (κ1) is 50.3. The van der Waals surface area contributed by atoms with Gasteiger partial charge in [0.05, 0.1) is 11.1 Å². The van der Waals surface area contributed by atoms with Crippen molar-refractivity contribution in [2.75, 3.05) is 13.2 Å². The zero-order valence-corrected chi connectivity index (χ0v) is 40.2. The van der Waals surface area contributed by atoms with E-state index in [0.29, 0.717) is 58.8 Å². The largest absolute Gasteiger partial charge is 0.490 e. The van der Waals surface area contributed by atoms with E-state index in [0.717, 1.165) is 11.8 Å². The van der Waals surface area contributed by atoms with Crippen molar-refractivity contribution < 1.29 is 28.5 Å². The Morgan fingerprint density at radius 3 is 1.20 bits per heavy atom. The van der Waals surface area contributed by atoms with E-state index in [2.05, 4.69) is 38.2 Å². The minimum atomic E-state index is -0.924. The van der Waals surface area contributed by atoms with E-state index >= 15 is 0 Å². The highest BCUT2D eigenvalue weighted by molar-refractivity contribution is 5.90. The highest BCUT2D eigenvalue weighted by Gasteiger charge is 2.33. The number of unbranched alkanes of at least 4 members (excludes halogenated alkanes) is 8. The number of esters is 2. The molecule has 6 heteroatoms. The zero-order chi connectivity index (χ0) is 46.0. The average Bonchev–Trinajstić information content (AvgIpc) is 3.36. The molecular weight excluding hydrogens is 817 g/mol. The van der Waals surface area contributed by atoms with Gasteiger partial charge in [-0.2, -0.15) is 0 Å². The maximum Gasteiger partial charge on any atom is 0.338 e. The zero-order valence-electron chi connectivity index (χ0n) is 40.2. The van der Waals surface area contributed by atoms with E-state index in [-0.39, 0.29) is 0 Å². The first-order valence-electron chi connectivity index (χ1n) is 25.8. The Kier molecular flexibility index (Phi) is 22.0. The SMILES string of the molecule is CCCCCCC[C@H]1CC[C@H](/C=C/COc2ccc(C(=O)O[C@H](c3ccccc3)[C@H](OC(=O)c3ccc(OC/C=C/[C@H]4CC[C@H](CCCCCCC)CC4)cc3)c3ccccc3)cc2)CC1. The summed E-state index contributed by atoms with van der Waals surface area (Å²) in [6.07, 6.45) is 33.9. The molecule has 0 N–H and O–H groups in total. The Labute approximate surface area is 397 Å². The van der Waals surface area contributed by atoms with Gasteiger partial charge in [0.1, 0.15) is 24.7 Å². The van der Waals surface area contributed by atoms with Crippen LogP contribution in [0.4, 0.5) is 0 Å². The molecule has 4 aromatic rings. The topological polar surface area (TPSA) is 71.1 Å². The molecule has 6 nitrogen and oxygen atoms in total. The van der Waals surface area contributed by atoms with Crippen molar-refractivity contribution in [1.29, 1.82) is 0 Å². The summed E-state index contributed by atoms with van der Waals surface area (Å²) in [5.41, 5.74) is 2.16. The summed E-state index contributed by atoms with van der Waals surface area (Å²) < 4.78 is 24.6. The Morgan fingerprint density at radius 2 is 0.833 bits per heavy atom. The molecule has 0 amide bonds. The number of carbonyl (C=O) groups excluding carboxylic acids is 2. The molecule has 0 aliphatic heterocycles. The number of carbonyl (C=O) groups is 2. The standard InChI is InChI=1S/C60H78O6/c1-3-5-7-9-13-21-47-29-33-49(34-30-47)23-19-45-63-55-41-37-53(38-42-55)59(61)65-57(51-25-15-11-16-26-51)58(52-27-17-12-18-28-52)66-60(62)54-39-43-56(44-40-54)64-46-20-24-50-35-31-48(32-36-50)22-14-10-8-6-4-2/h11-12,15-20,23-28,37-44,47-50,57-58H,3-10,13-14,21-22,29-36,45-46H2,1-2H3/b23-19+,24-20+/t47-,48-,49-,50-,57-,58-/m1/s1. The monoisotopic (exact) mass is 895 g/mol. The minimum absolute atomic E-state index is 0.375. The fourth-order valence-corrected chi connectivity index (χ4v) is 9.83. The maximum absolute atomic E-state index is 13.9. The van der Waals surface area contributed by atoms with Gasteiger partial charge in [0.2, 0.25) is 0 Å². The van der Waals surface area contributed by atoms with Crippen LogP contribution in [-0.4, -0.2) is 25.2 Å². The molecule has 0 unspecified atom stereocenters. The fourth-order valence-electron chi connectivity index (χ4n) is 9.83. The van der Waals surface area contributed by atoms with Crippen LogP contribution in [0.2, 0.25) is 0 Å². The van der Waals surface area contributed by atoms with Crippen molar-refractivity contribution in [1.82, 2.24) is 0 Å². The van der Waals surface area contributed by atoms with Gasteiger partial charge in [0.15, 0.2) is 12.2 Å². The lowest BCUT2D eigenvalue weighted by molar-refractivity contribution is -0.0388. The van der Waals surface area contributed by atoms with Crippen LogP contribution in [0.5, 0.6) is 11.5 Å². The van der Waals surface area contributed by atoms with Crippen LogP contribution in [0.15, 0.2) is 133 Å². The molecule has 0 aromatic heterocycles. The summed E-state index contributed by atoms with van der Waals surface area (Å²) in [5, 5.41) is 0. The van der Waals surface area contributed by atoms with E-state index in [1.807, 2.05) is 60.7 Å². The lowest BCUT2D eigenvalue weighted by Crippen LogP contribution is -2.23. The van der Waals surface area contributed by atoms with Crippen molar-refractivity contribution in [3.05, 3.63) is 156 Å². The molecule has 2 saturated carbocycles. The second-order valence-electron chi connectivity index (χ2n) is 19.0. The summed E-state index contributed by atoms with van der Waals surface area (Å²) >= 11 is 0. The van der Waals surface area contributed by atoms with Gasteiger partial charge in [0, 0.05) is 0 Å². The molecule has 2 fully saturated rings. The molecule has 2 aliphatic carbocycles. The molecule has 0 heterocycles. The van der Waals surface area contributed by atoms with Gasteiger partial charge in [0.25, 0.3) is 0 Å². The number of hydrogen-bond donors (Lipinski definition) is 0. The predicted molar refractivity (Wildman–Crippen MR) is 269 cm³/mol. The number of allylic oxidation sites excluding steroid dienone is 2. The molecule has 354 valence electrons. The second-order valence-corrected chi connectivity index (χ2v) is 19.0. The minimum Gasteiger partial charge on any atom is -0.490 e. The number of hydrogen-bond acceptors (Lipinski definition) is 6. The average molecular weight is 895 g/mol. The van der Waals surface area contributed by atoms with Crippen molar-refractivity contribution in [3.63, 3.8) is 0 Å². The molecule has 0 bridgehead atoms. The maximum atomic E-state index is 13.9. The van der Waals surface area contributed by atoms with Gasteiger partial charge >= 0.3 is 11.9 Å². The van der Waals surface area contributed by atoms with Crippen LogP contribution in [0.25, 0.3) is 0 Å². The van der Waals surface area contributed by atoms with Crippen LogP contribution < -0.4 is 9.47 Å². The van der Waals surface area contributed by atoms with Crippen molar-refractivity contribution in [2.24, 2.45) is 23.7 Å². The third kappa shape index (κ3) is 17.3. The van der Waals surface area contributed by atoms with Crippen molar-refractivity contribution in [3.8, 4) is 11.5 Å². The predicted octanol–water partition coefficient (Wildman–Crippen LogP) is 16.4. The van der Waals surface area contributed by atoms with E-state index < -0.39 is 24.1 Å². The summed E-state index contributed by atoms with van der Waals surface area (Å²) in [5.74, 6) is 3.37. The third-order valence-electron chi connectivity index (χ3n) is 13.9. The van der Waals surface area contributed by atoms with Crippen LogP contribution >= 0.6 is 0 Å². The Bertz CT molecular complexity index is 1840. The van der Waals surface area contributed by atoms with Gasteiger partial charge in [-0.15, -0.1) is 0 Å². The van der Waals surface area contributed by atoms with E-state index in [1.165, 1.54) is 128 Å². The van der Waals surface area contributed by atoms with Crippen LogP contribution in [0, 0.1) is 23.7 Å². The smallest absolute Gasteiger partial charge is 0.338 e. The summed E-state index contributed by atoms with van der Waals surface area (Å²) in [6, 6.07) is 33.0. The Balaban J connectivity index is 0.992. The molecular formula is C60H78O6. The first-order chi connectivity index (χ1) is 32.5. The normalized spacial score (nSPS) is 19.6. The van der Waals surface area contributed by atoms with Crippen LogP contribution in [0.1, 0.15) is 186 Å². The van der Waals surface area contributed by atoms with Gasteiger partial charge in [-0.3, -0.25) is 0 Å². The molecule has 66 heavy (non-hydrogen) atoms. The molecule has 0 spiro atoms. The van der Waals surface area contributed by atoms with Crippen molar-refractivity contribution >= 4 is 11.9 Å². The van der Waals surface area contributed by atoms with Crippen molar-refractivity contribution in [2.45, 2.75) is 154 Å². The fraction of sp³-hybridized carbons (Fsp3) is 0.500. The molecule has 0 radical (unpaired) electrons. The summed E-state index contributed by atoms with van der Waals surface area (Å²) in [7, 11) is 0. The summed E-state index contributed by atoms with van der Waals surface area (Å²) in [4.78, 5) is 27.7. The Hall–Kier alpha value is -5.10. The molecule has 4 aromatic carbocycles. The van der Waals surface area contributed by atoms with E-state index in [9.17, 15) is 9.59 Å². The molecule has 2 aliphatic rings. The lowest BCUT2D eigenvalue weighted by atomic mass is 9.79. The third-order valence-corrected chi connectivity index (χ3v) is 13.9. The summed E-state index contributed by atoms with van der Waals surface area (Å²) in [6.45, 7) is 5.52.